The molecule has 4 aromatic rings. The average Bonchev–Trinajstić information content (AvgIpc) is 2.74. The predicted octanol–water partition coefficient (Wildman–Crippen LogP) is 5.93. The van der Waals surface area contributed by atoms with Crippen molar-refractivity contribution in [2.45, 2.75) is 19.8 Å². The molecule has 5 nitrogen and oxygen atoms in total. The van der Waals surface area contributed by atoms with Crippen LogP contribution in [0.2, 0.25) is 0 Å². The van der Waals surface area contributed by atoms with Gasteiger partial charge in [-0.25, -0.2) is 4.98 Å². The molecule has 1 aromatic heterocycles. The van der Waals surface area contributed by atoms with Crippen LogP contribution < -0.4 is 9.47 Å². The summed E-state index contributed by atoms with van der Waals surface area (Å²) < 4.78 is 11.4. The minimum Gasteiger partial charge on any atom is -0.504 e. The molecule has 0 bridgehead atoms. The third-order valence-electron chi connectivity index (χ3n) is 4.77. The highest BCUT2D eigenvalue weighted by atomic mass is 16.5. The van der Waals surface area contributed by atoms with Gasteiger partial charge in [-0.05, 0) is 47.9 Å². The molecule has 29 heavy (non-hydrogen) atoms. The van der Waals surface area contributed by atoms with Crippen LogP contribution in [-0.4, -0.2) is 22.2 Å². The van der Waals surface area contributed by atoms with Crippen LogP contribution in [0.3, 0.4) is 0 Å². The molecule has 1 N–H and O–H groups in total. The lowest BCUT2D eigenvalue weighted by Crippen LogP contribution is -1.97. The molecule has 0 atom stereocenters. The standard InChI is InChI=1S/C24H22N2O3/c1-15(2)16-8-6-9-17(14-16)29-24-18-10-4-5-12-20(18)25-23(26-24)19-11-7-13-21(28-3)22(19)27/h4-15,27H,1-3H3. The number of rotatable bonds is 5. The van der Waals surface area contributed by atoms with Gasteiger partial charge in [0, 0.05) is 0 Å². The molecule has 4 rings (SSSR count). The Morgan fingerprint density at radius 3 is 2.48 bits per heavy atom. The Bertz CT molecular complexity index is 1170. The Hall–Kier alpha value is -3.60. The topological polar surface area (TPSA) is 64.5 Å². The summed E-state index contributed by atoms with van der Waals surface area (Å²) in [5.41, 5.74) is 2.40. The average molecular weight is 386 g/mol. The largest absolute Gasteiger partial charge is 0.504 e. The Morgan fingerprint density at radius 1 is 0.897 bits per heavy atom. The van der Waals surface area contributed by atoms with Crippen molar-refractivity contribution in [2.75, 3.05) is 7.11 Å². The number of hydrogen-bond acceptors (Lipinski definition) is 5. The summed E-state index contributed by atoms with van der Waals surface area (Å²) in [6.07, 6.45) is 0. The number of nitrogens with zero attached hydrogens (tertiary/aromatic N) is 2. The predicted molar refractivity (Wildman–Crippen MR) is 114 cm³/mol. The van der Waals surface area contributed by atoms with Crippen LogP contribution in [-0.2, 0) is 0 Å². The summed E-state index contributed by atoms with van der Waals surface area (Å²) in [6, 6.07) is 20.9. The lowest BCUT2D eigenvalue weighted by atomic mass is 10.0. The fourth-order valence-corrected chi connectivity index (χ4v) is 3.16. The fourth-order valence-electron chi connectivity index (χ4n) is 3.16. The first-order valence-corrected chi connectivity index (χ1v) is 9.47. The molecule has 0 unspecified atom stereocenters. The van der Waals surface area contributed by atoms with Gasteiger partial charge in [0.05, 0.1) is 23.6 Å². The highest BCUT2D eigenvalue weighted by Gasteiger charge is 2.16. The smallest absolute Gasteiger partial charge is 0.230 e. The molecule has 146 valence electrons. The molecular weight excluding hydrogens is 364 g/mol. The van der Waals surface area contributed by atoms with E-state index in [1.54, 1.807) is 18.2 Å². The number of hydrogen-bond donors (Lipinski definition) is 1. The SMILES string of the molecule is COc1cccc(-c2nc(Oc3cccc(C(C)C)c3)c3ccccc3n2)c1O. The van der Waals surface area contributed by atoms with Gasteiger partial charge in [-0.3, -0.25) is 0 Å². The minimum absolute atomic E-state index is 0.00182. The molecule has 0 radical (unpaired) electrons. The number of phenols is 1. The summed E-state index contributed by atoms with van der Waals surface area (Å²) in [5.74, 6) is 2.28. The van der Waals surface area contributed by atoms with E-state index < -0.39 is 0 Å². The summed E-state index contributed by atoms with van der Waals surface area (Å²) in [5, 5.41) is 11.3. The maximum atomic E-state index is 10.5. The summed E-state index contributed by atoms with van der Waals surface area (Å²) in [4.78, 5) is 9.25. The number of fused-ring (bicyclic) bond motifs is 1. The van der Waals surface area contributed by atoms with Gasteiger partial charge in [0.15, 0.2) is 17.3 Å². The second-order valence-corrected chi connectivity index (χ2v) is 7.06. The monoisotopic (exact) mass is 386 g/mol. The van der Waals surface area contributed by atoms with E-state index in [1.807, 2.05) is 42.5 Å². The van der Waals surface area contributed by atoms with Gasteiger partial charge in [0.1, 0.15) is 5.75 Å². The van der Waals surface area contributed by atoms with Crippen molar-refractivity contribution in [2.24, 2.45) is 0 Å². The zero-order valence-electron chi connectivity index (χ0n) is 16.6. The van der Waals surface area contributed by atoms with Gasteiger partial charge >= 0.3 is 0 Å². The van der Waals surface area contributed by atoms with E-state index >= 15 is 0 Å². The molecule has 0 aliphatic rings. The molecule has 0 aliphatic heterocycles. The number of para-hydroxylation sites is 2. The van der Waals surface area contributed by atoms with Crippen molar-refractivity contribution in [3.63, 3.8) is 0 Å². The van der Waals surface area contributed by atoms with Gasteiger partial charge in [-0.1, -0.05) is 44.2 Å². The zero-order valence-corrected chi connectivity index (χ0v) is 16.6. The molecule has 0 spiro atoms. The summed E-state index contributed by atoms with van der Waals surface area (Å²) in [6.45, 7) is 4.28. The number of aromatic nitrogens is 2. The van der Waals surface area contributed by atoms with E-state index in [2.05, 4.69) is 29.9 Å². The molecule has 0 fully saturated rings. The molecule has 0 aliphatic carbocycles. The van der Waals surface area contributed by atoms with E-state index in [9.17, 15) is 5.11 Å². The Morgan fingerprint density at radius 2 is 1.69 bits per heavy atom. The molecule has 0 saturated heterocycles. The Balaban J connectivity index is 1.85. The quantitative estimate of drug-likeness (QED) is 0.461. The van der Waals surface area contributed by atoms with E-state index in [0.717, 1.165) is 10.9 Å². The number of aromatic hydroxyl groups is 1. The second kappa shape index (κ2) is 7.80. The molecule has 0 saturated carbocycles. The van der Waals surface area contributed by atoms with Crippen molar-refractivity contribution in [1.82, 2.24) is 9.97 Å². The van der Waals surface area contributed by atoms with E-state index in [-0.39, 0.29) is 5.75 Å². The molecule has 1 heterocycles. The number of phenolic OH excluding ortho intramolecular Hbond substituents is 1. The van der Waals surface area contributed by atoms with Crippen molar-refractivity contribution in [3.8, 4) is 34.5 Å². The molecular formula is C24H22N2O3. The second-order valence-electron chi connectivity index (χ2n) is 7.06. The zero-order chi connectivity index (χ0) is 20.4. The van der Waals surface area contributed by atoms with Crippen molar-refractivity contribution >= 4 is 10.9 Å². The minimum atomic E-state index is -0.00182. The van der Waals surface area contributed by atoms with Crippen LogP contribution in [0.25, 0.3) is 22.3 Å². The van der Waals surface area contributed by atoms with Crippen LogP contribution >= 0.6 is 0 Å². The highest BCUT2D eigenvalue weighted by molar-refractivity contribution is 5.86. The normalized spacial score (nSPS) is 11.0. The number of methoxy groups -OCH3 is 1. The third-order valence-corrected chi connectivity index (χ3v) is 4.77. The van der Waals surface area contributed by atoms with Crippen molar-refractivity contribution in [1.29, 1.82) is 0 Å². The first kappa shape index (κ1) is 18.7. The van der Waals surface area contributed by atoms with Crippen LogP contribution in [0.1, 0.15) is 25.3 Å². The molecule has 5 heteroatoms. The van der Waals surface area contributed by atoms with Gasteiger partial charge in [0.2, 0.25) is 5.88 Å². The molecule has 0 amide bonds. The fraction of sp³-hybridized carbons (Fsp3) is 0.167. The Kier molecular flexibility index (Phi) is 5.04. The van der Waals surface area contributed by atoms with Gasteiger partial charge in [-0.2, -0.15) is 4.98 Å². The lowest BCUT2D eigenvalue weighted by molar-refractivity contribution is 0.374. The van der Waals surface area contributed by atoms with Gasteiger partial charge < -0.3 is 14.6 Å². The van der Waals surface area contributed by atoms with Crippen LogP contribution in [0.4, 0.5) is 0 Å². The summed E-state index contributed by atoms with van der Waals surface area (Å²) >= 11 is 0. The van der Waals surface area contributed by atoms with Crippen molar-refractivity contribution in [3.05, 3.63) is 72.3 Å². The van der Waals surface area contributed by atoms with Crippen molar-refractivity contribution < 1.29 is 14.6 Å². The van der Waals surface area contributed by atoms with E-state index in [1.165, 1.54) is 12.7 Å². The summed E-state index contributed by atoms with van der Waals surface area (Å²) in [7, 11) is 1.51. The van der Waals surface area contributed by atoms with Crippen LogP contribution in [0, 0.1) is 0 Å². The highest BCUT2D eigenvalue weighted by Crippen LogP contribution is 2.37. The Labute approximate surface area is 169 Å². The van der Waals surface area contributed by atoms with Crippen LogP contribution in [0.15, 0.2) is 66.7 Å². The van der Waals surface area contributed by atoms with E-state index in [0.29, 0.717) is 34.7 Å². The maximum Gasteiger partial charge on any atom is 0.230 e. The van der Waals surface area contributed by atoms with Gasteiger partial charge in [0.25, 0.3) is 0 Å². The van der Waals surface area contributed by atoms with Gasteiger partial charge in [-0.15, -0.1) is 0 Å². The van der Waals surface area contributed by atoms with E-state index in [4.69, 9.17) is 9.47 Å². The molecule has 3 aromatic carbocycles. The maximum absolute atomic E-state index is 10.5. The number of ether oxygens (including phenoxy) is 2. The third kappa shape index (κ3) is 3.72. The first-order chi connectivity index (χ1) is 14.1. The number of benzene rings is 3. The first-order valence-electron chi connectivity index (χ1n) is 9.47. The van der Waals surface area contributed by atoms with Crippen LogP contribution in [0.5, 0.6) is 23.1 Å². The lowest BCUT2D eigenvalue weighted by Gasteiger charge is -2.13.